The van der Waals surface area contributed by atoms with Gasteiger partial charge in [-0.15, -0.1) is 0 Å². The topological polar surface area (TPSA) is 63.1 Å². The van der Waals surface area contributed by atoms with Crippen molar-refractivity contribution in [2.45, 2.75) is 78.0 Å². The summed E-state index contributed by atoms with van der Waals surface area (Å²) in [6.45, 7) is 20.4. The van der Waals surface area contributed by atoms with Crippen molar-refractivity contribution in [3.63, 3.8) is 0 Å². The van der Waals surface area contributed by atoms with Crippen molar-refractivity contribution < 1.29 is 14.3 Å². The summed E-state index contributed by atoms with van der Waals surface area (Å²) in [6.07, 6.45) is 3.22. The fourth-order valence-corrected chi connectivity index (χ4v) is 6.53. The van der Waals surface area contributed by atoms with Gasteiger partial charge in [-0.2, -0.15) is 5.10 Å². The van der Waals surface area contributed by atoms with Crippen LogP contribution in [0.2, 0.25) is 0 Å². The number of morpholine rings is 1. The Morgan fingerprint density at radius 2 is 1.85 bits per heavy atom. The van der Waals surface area contributed by atoms with Crippen LogP contribution < -0.4 is 4.90 Å². The van der Waals surface area contributed by atoms with Crippen molar-refractivity contribution >= 4 is 11.9 Å². The lowest BCUT2D eigenvalue weighted by atomic mass is 9.61. The lowest BCUT2D eigenvalue weighted by Crippen LogP contribution is -2.64. The van der Waals surface area contributed by atoms with Gasteiger partial charge in [-0.3, -0.25) is 9.58 Å². The molecule has 4 aliphatic rings. The standard InChI is InChI=1S/C26H43N5O3/c1-19-13-22(30-8-7-20(25(30,5)6)16-28-9-11-33-12-10-28)27-31(19)21-14-26(15-21)17-29(18-26)23(32)34-24(2,3)4/h13,20-21H,7-12,14-18H2,1-6H3. The summed E-state index contributed by atoms with van der Waals surface area (Å²) in [6, 6.07) is 2.71. The van der Waals surface area contributed by atoms with Crippen LogP contribution in [0.5, 0.6) is 0 Å². The molecule has 1 aromatic heterocycles. The number of amides is 1. The molecule has 0 bridgehead atoms. The summed E-state index contributed by atoms with van der Waals surface area (Å²) in [4.78, 5) is 19.3. The predicted molar refractivity (Wildman–Crippen MR) is 132 cm³/mol. The lowest BCUT2D eigenvalue weighted by Gasteiger charge is -2.58. The average Bonchev–Trinajstić information content (AvgIpc) is 3.18. The highest BCUT2D eigenvalue weighted by Crippen LogP contribution is 2.54. The van der Waals surface area contributed by atoms with Crippen LogP contribution in [0.4, 0.5) is 10.6 Å². The Bertz CT molecular complexity index is 900. The van der Waals surface area contributed by atoms with Crippen LogP contribution in [0.1, 0.15) is 65.6 Å². The Hall–Kier alpha value is -1.80. The molecule has 1 saturated carbocycles. The highest BCUT2D eigenvalue weighted by Gasteiger charge is 2.55. The molecule has 190 valence electrons. The summed E-state index contributed by atoms with van der Waals surface area (Å²) in [5.41, 5.74) is 1.16. The highest BCUT2D eigenvalue weighted by molar-refractivity contribution is 5.69. The number of ether oxygens (including phenoxy) is 2. The van der Waals surface area contributed by atoms with Gasteiger partial charge in [-0.25, -0.2) is 4.79 Å². The largest absolute Gasteiger partial charge is 0.444 e. The van der Waals surface area contributed by atoms with E-state index in [2.05, 4.69) is 41.3 Å². The number of anilines is 1. The van der Waals surface area contributed by atoms with Crippen molar-refractivity contribution in [1.29, 1.82) is 0 Å². The van der Waals surface area contributed by atoms with E-state index in [1.54, 1.807) is 0 Å². The molecule has 1 unspecified atom stereocenters. The second kappa shape index (κ2) is 8.40. The molecule has 3 aliphatic heterocycles. The van der Waals surface area contributed by atoms with E-state index in [0.717, 1.165) is 71.1 Å². The zero-order valence-corrected chi connectivity index (χ0v) is 22.0. The maximum atomic E-state index is 12.3. The first kappa shape index (κ1) is 23.9. The van der Waals surface area contributed by atoms with Gasteiger partial charge in [0.2, 0.25) is 0 Å². The number of likely N-dealkylation sites (tertiary alicyclic amines) is 1. The first-order valence-corrected chi connectivity index (χ1v) is 13.1. The maximum absolute atomic E-state index is 12.3. The van der Waals surface area contributed by atoms with E-state index in [4.69, 9.17) is 14.6 Å². The molecule has 5 rings (SSSR count). The normalized spacial score (nSPS) is 27.1. The van der Waals surface area contributed by atoms with Crippen molar-refractivity contribution in [2.24, 2.45) is 11.3 Å². The maximum Gasteiger partial charge on any atom is 0.410 e. The molecule has 1 spiro atoms. The molecule has 4 heterocycles. The molecule has 4 fully saturated rings. The lowest BCUT2D eigenvalue weighted by molar-refractivity contribution is -0.0930. The summed E-state index contributed by atoms with van der Waals surface area (Å²) < 4.78 is 13.3. The minimum atomic E-state index is -0.435. The summed E-state index contributed by atoms with van der Waals surface area (Å²) >= 11 is 0. The third kappa shape index (κ3) is 4.43. The predicted octanol–water partition coefficient (Wildman–Crippen LogP) is 3.70. The fraction of sp³-hybridized carbons (Fsp3) is 0.846. The van der Waals surface area contributed by atoms with E-state index in [1.807, 2.05) is 25.7 Å². The third-order valence-electron chi connectivity index (χ3n) is 8.55. The van der Waals surface area contributed by atoms with E-state index in [9.17, 15) is 4.79 Å². The Balaban J connectivity index is 1.18. The van der Waals surface area contributed by atoms with Crippen LogP contribution in [0.15, 0.2) is 6.07 Å². The Labute approximate surface area is 204 Å². The Morgan fingerprint density at radius 1 is 1.18 bits per heavy atom. The van der Waals surface area contributed by atoms with Crippen molar-refractivity contribution in [3.8, 4) is 0 Å². The van der Waals surface area contributed by atoms with E-state index in [0.29, 0.717) is 12.0 Å². The average molecular weight is 474 g/mol. The van der Waals surface area contributed by atoms with Crippen LogP contribution >= 0.6 is 0 Å². The highest BCUT2D eigenvalue weighted by atomic mass is 16.6. The van der Waals surface area contributed by atoms with Gasteiger partial charge in [-0.1, -0.05) is 0 Å². The molecule has 0 radical (unpaired) electrons. The second-order valence-corrected chi connectivity index (χ2v) is 12.7. The molecule has 8 nitrogen and oxygen atoms in total. The number of hydrogen-bond acceptors (Lipinski definition) is 6. The smallest absolute Gasteiger partial charge is 0.410 e. The molecule has 1 atom stereocenters. The number of carbonyl (C=O) groups excluding carboxylic acids is 1. The quantitative estimate of drug-likeness (QED) is 0.665. The van der Waals surface area contributed by atoms with Gasteiger partial charge in [0.15, 0.2) is 5.82 Å². The molecule has 1 aromatic rings. The minimum Gasteiger partial charge on any atom is -0.444 e. The molecule has 3 saturated heterocycles. The van der Waals surface area contributed by atoms with Crippen LogP contribution in [0, 0.1) is 18.3 Å². The molecule has 34 heavy (non-hydrogen) atoms. The van der Waals surface area contributed by atoms with Gasteiger partial charge in [-0.05, 0) is 66.7 Å². The number of aryl methyl sites for hydroxylation is 1. The van der Waals surface area contributed by atoms with Crippen molar-refractivity contribution in [2.75, 3.05) is 57.4 Å². The number of carbonyl (C=O) groups is 1. The van der Waals surface area contributed by atoms with Crippen LogP contribution in [0.3, 0.4) is 0 Å². The van der Waals surface area contributed by atoms with E-state index < -0.39 is 5.60 Å². The number of hydrogen-bond donors (Lipinski definition) is 0. The van der Waals surface area contributed by atoms with Crippen LogP contribution in [0.25, 0.3) is 0 Å². The van der Waals surface area contributed by atoms with Gasteiger partial charge >= 0.3 is 6.09 Å². The Morgan fingerprint density at radius 3 is 2.50 bits per heavy atom. The van der Waals surface area contributed by atoms with Crippen molar-refractivity contribution in [3.05, 3.63) is 11.8 Å². The van der Waals surface area contributed by atoms with Crippen LogP contribution in [-0.4, -0.2) is 89.3 Å². The second-order valence-electron chi connectivity index (χ2n) is 12.7. The summed E-state index contributed by atoms with van der Waals surface area (Å²) in [5, 5.41) is 5.12. The first-order valence-electron chi connectivity index (χ1n) is 13.1. The van der Waals surface area contributed by atoms with E-state index >= 15 is 0 Å². The number of nitrogens with zero attached hydrogens (tertiary/aromatic N) is 5. The van der Waals surface area contributed by atoms with Gasteiger partial charge in [0, 0.05) is 62.0 Å². The third-order valence-corrected chi connectivity index (χ3v) is 8.55. The van der Waals surface area contributed by atoms with Crippen LogP contribution in [-0.2, 0) is 9.47 Å². The molecule has 1 aliphatic carbocycles. The zero-order valence-electron chi connectivity index (χ0n) is 22.0. The van der Waals surface area contributed by atoms with Gasteiger partial charge < -0.3 is 19.3 Å². The SMILES string of the molecule is Cc1cc(N2CCC(CN3CCOCC3)C2(C)C)nn1C1CC2(C1)CN(C(=O)OC(C)(C)C)C2. The monoisotopic (exact) mass is 473 g/mol. The minimum absolute atomic E-state index is 0.0899. The van der Waals surface area contributed by atoms with E-state index in [1.165, 1.54) is 12.1 Å². The van der Waals surface area contributed by atoms with E-state index in [-0.39, 0.29) is 17.0 Å². The molecular weight excluding hydrogens is 430 g/mol. The van der Waals surface area contributed by atoms with Gasteiger partial charge in [0.25, 0.3) is 0 Å². The van der Waals surface area contributed by atoms with Gasteiger partial charge in [0.1, 0.15) is 5.60 Å². The first-order chi connectivity index (χ1) is 16.0. The Kier molecular flexibility index (Phi) is 5.91. The molecule has 0 N–H and O–H groups in total. The molecule has 8 heteroatoms. The fourth-order valence-electron chi connectivity index (χ4n) is 6.53. The summed E-state index contributed by atoms with van der Waals surface area (Å²) in [5.74, 6) is 1.76. The summed E-state index contributed by atoms with van der Waals surface area (Å²) in [7, 11) is 0. The molecule has 0 aromatic carbocycles. The molecular formula is C26H43N5O3. The van der Waals surface area contributed by atoms with Crippen molar-refractivity contribution in [1.82, 2.24) is 19.6 Å². The number of aromatic nitrogens is 2. The zero-order chi connectivity index (χ0) is 24.3. The molecule has 1 amide bonds. The number of rotatable bonds is 4. The van der Waals surface area contributed by atoms with Gasteiger partial charge in [0.05, 0.1) is 19.3 Å².